The van der Waals surface area contributed by atoms with Crippen LogP contribution in [0.4, 0.5) is 5.82 Å². The zero-order valence-corrected chi connectivity index (χ0v) is 12.5. The molecule has 8 nitrogen and oxygen atoms in total. The van der Waals surface area contributed by atoms with Crippen molar-refractivity contribution in [2.75, 3.05) is 5.73 Å². The van der Waals surface area contributed by atoms with E-state index in [1.54, 1.807) is 4.57 Å². The van der Waals surface area contributed by atoms with Crippen molar-refractivity contribution in [3.8, 4) is 0 Å². The van der Waals surface area contributed by atoms with Crippen LogP contribution in [0, 0.1) is 0 Å². The predicted octanol–water partition coefficient (Wildman–Crippen LogP) is -0.802. The number of ether oxygens (including phenoxy) is 1. The predicted molar refractivity (Wildman–Crippen MR) is 72.1 cm³/mol. The van der Waals surface area contributed by atoms with Crippen molar-refractivity contribution in [3.63, 3.8) is 0 Å². The molecule has 0 unspecified atom stereocenters. The Morgan fingerprint density at radius 2 is 2.15 bits per heavy atom. The number of imidazole rings is 1. The average molecular weight is 344 g/mol. The molecule has 0 aliphatic carbocycles. The van der Waals surface area contributed by atoms with Crippen molar-refractivity contribution >= 4 is 31.9 Å². The molecule has 2 aromatic heterocycles. The summed E-state index contributed by atoms with van der Waals surface area (Å²) in [6.07, 6.45) is -0.168. The van der Waals surface area contributed by atoms with E-state index in [0.29, 0.717) is 26.1 Å². The molecule has 108 valence electrons. The van der Waals surface area contributed by atoms with Crippen LogP contribution in [0.5, 0.6) is 0 Å². The topological polar surface area (TPSA) is 119 Å². The quantitative estimate of drug-likeness (QED) is 0.624. The molecule has 1 aliphatic heterocycles. The number of fused-ring (bicyclic) bond motifs is 1. The Morgan fingerprint density at radius 3 is 2.90 bits per heavy atom. The van der Waals surface area contributed by atoms with Crippen LogP contribution in [-0.4, -0.2) is 63.0 Å². The van der Waals surface area contributed by atoms with Crippen molar-refractivity contribution in [2.45, 2.75) is 35.7 Å². The fraction of sp³-hybridized carbons (Fsp3) is 0.545. The summed E-state index contributed by atoms with van der Waals surface area (Å²) in [5.74, 6) is 2.33. The first-order chi connectivity index (χ1) is 9.63. The standard InChI is InChI=1S/C11H15N5O3Se/c1-20-2-5-7(17)8(18)11(19-5)16-4-15-6-9(12)13-3-14-10(6)16/h3-5,7-8,11,17-18H,2H2,1H3,(H2,12,13,14)/t5-,7+,8+,11+/m0/s1. The van der Waals surface area contributed by atoms with Gasteiger partial charge in [-0.05, 0) is 0 Å². The number of nitrogens with two attached hydrogens (primary N) is 1. The van der Waals surface area contributed by atoms with E-state index in [2.05, 4.69) is 20.8 Å². The number of nitrogen functional groups attached to an aromatic ring is 1. The summed E-state index contributed by atoms with van der Waals surface area (Å²) in [5.41, 5.74) is 6.67. The molecule has 0 amide bonds. The van der Waals surface area contributed by atoms with Crippen molar-refractivity contribution in [1.29, 1.82) is 0 Å². The third kappa shape index (κ3) is 2.07. The van der Waals surface area contributed by atoms with Gasteiger partial charge in [0.05, 0.1) is 0 Å². The van der Waals surface area contributed by atoms with Gasteiger partial charge in [0.25, 0.3) is 0 Å². The third-order valence-corrected chi connectivity index (χ3v) is 4.72. The summed E-state index contributed by atoms with van der Waals surface area (Å²) in [6.45, 7) is 0. The first-order valence-corrected chi connectivity index (χ1v) is 8.99. The Kier molecular flexibility index (Phi) is 3.61. The van der Waals surface area contributed by atoms with E-state index in [4.69, 9.17) is 10.5 Å². The van der Waals surface area contributed by atoms with Gasteiger partial charge in [0.1, 0.15) is 0 Å². The zero-order chi connectivity index (χ0) is 14.3. The number of aromatic nitrogens is 4. The molecular formula is C11H15N5O3Se. The first kappa shape index (κ1) is 13.7. The van der Waals surface area contributed by atoms with E-state index in [0.717, 1.165) is 5.32 Å². The molecule has 0 spiro atoms. The van der Waals surface area contributed by atoms with Crippen LogP contribution in [-0.2, 0) is 4.74 Å². The molecule has 9 heteroatoms. The second kappa shape index (κ2) is 5.27. The normalized spacial score (nSPS) is 30.1. The first-order valence-electron chi connectivity index (χ1n) is 6.07. The molecule has 1 saturated heterocycles. The molecule has 20 heavy (non-hydrogen) atoms. The van der Waals surface area contributed by atoms with Gasteiger partial charge in [0, 0.05) is 0 Å². The maximum absolute atomic E-state index is 10.2. The number of hydrogen-bond acceptors (Lipinski definition) is 7. The second-order valence-electron chi connectivity index (χ2n) is 4.58. The van der Waals surface area contributed by atoms with E-state index in [1.807, 2.05) is 0 Å². The number of anilines is 1. The molecular weight excluding hydrogens is 329 g/mol. The van der Waals surface area contributed by atoms with E-state index in [-0.39, 0.29) is 11.9 Å². The van der Waals surface area contributed by atoms with Gasteiger partial charge >= 0.3 is 120 Å². The average Bonchev–Trinajstić information content (AvgIpc) is 2.97. The van der Waals surface area contributed by atoms with Crippen LogP contribution in [0.3, 0.4) is 0 Å². The number of nitrogens with zero attached hydrogens (tertiary/aromatic N) is 4. The summed E-state index contributed by atoms with van der Waals surface area (Å²) >= 11 is 0.351. The van der Waals surface area contributed by atoms with Gasteiger partial charge in [-0.2, -0.15) is 0 Å². The number of aliphatic hydroxyl groups excluding tert-OH is 2. The summed E-state index contributed by atoms with van der Waals surface area (Å²) < 4.78 is 7.34. The fourth-order valence-corrected chi connectivity index (χ4v) is 3.59. The SMILES string of the molecule is C[Se]C[C@@H]1O[C@@H](n2cnc3c(N)ncnc32)[C@H](O)[C@@H]1O. The number of rotatable bonds is 3. The third-order valence-electron chi connectivity index (χ3n) is 3.33. The number of hydrogen-bond donors (Lipinski definition) is 3. The van der Waals surface area contributed by atoms with Crippen molar-refractivity contribution in [1.82, 2.24) is 19.5 Å². The van der Waals surface area contributed by atoms with Crippen LogP contribution >= 0.6 is 0 Å². The Bertz CT molecular complexity index is 621. The van der Waals surface area contributed by atoms with E-state index >= 15 is 0 Å². The second-order valence-corrected chi connectivity index (χ2v) is 6.50. The monoisotopic (exact) mass is 345 g/mol. The molecule has 4 atom stereocenters. The van der Waals surface area contributed by atoms with E-state index < -0.39 is 18.4 Å². The van der Waals surface area contributed by atoms with Crippen LogP contribution in [0.15, 0.2) is 12.7 Å². The summed E-state index contributed by atoms with van der Waals surface area (Å²) in [5, 5.41) is 20.9. The van der Waals surface area contributed by atoms with Crippen LogP contribution in [0.25, 0.3) is 11.2 Å². The Labute approximate surface area is 121 Å². The van der Waals surface area contributed by atoms with Gasteiger partial charge in [-0.3, -0.25) is 0 Å². The molecule has 0 aromatic carbocycles. The zero-order valence-electron chi connectivity index (χ0n) is 10.7. The molecule has 3 rings (SSSR count). The van der Waals surface area contributed by atoms with Crippen molar-refractivity contribution in [2.24, 2.45) is 0 Å². The summed E-state index contributed by atoms with van der Waals surface area (Å²) in [7, 11) is 0. The van der Waals surface area contributed by atoms with Gasteiger partial charge < -0.3 is 0 Å². The summed E-state index contributed by atoms with van der Waals surface area (Å²) in [6, 6.07) is 0. The van der Waals surface area contributed by atoms with Gasteiger partial charge in [0.15, 0.2) is 0 Å². The van der Waals surface area contributed by atoms with Gasteiger partial charge in [-0.15, -0.1) is 0 Å². The Morgan fingerprint density at radius 1 is 1.35 bits per heavy atom. The number of aliphatic hydroxyl groups is 2. The van der Waals surface area contributed by atoms with Crippen LogP contribution < -0.4 is 5.73 Å². The minimum absolute atomic E-state index is 0.273. The maximum atomic E-state index is 10.2. The van der Waals surface area contributed by atoms with Gasteiger partial charge in [-0.25, -0.2) is 0 Å². The molecule has 1 fully saturated rings. The van der Waals surface area contributed by atoms with Gasteiger partial charge in [0.2, 0.25) is 0 Å². The molecule has 0 saturated carbocycles. The molecule has 3 heterocycles. The molecule has 0 radical (unpaired) electrons. The fourth-order valence-electron chi connectivity index (χ4n) is 2.32. The molecule has 2 aromatic rings. The minimum atomic E-state index is -1.02. The van der Waals surface area contributed by atoms with Crippen LogP contribution in [0.2, 0.25) is 11.1 Å². The van der Waals surface area contributed by atoms with Crippen LogP contribution in [0.1, 0.15) is 6.23 Å². The van der Waals surface area contributed by atoms with Crippen molar-refractivity contribution < 1.29 is 14.9 Å². The molecule has 4 N–H and O–H groups in total. The Hall–Kier alpha value is -1.25. The van der Waals surface area contributed by atoms with Crippen molar-refractivity contribution in [3.05, 3.63) is 12.7 Å². The van der Waals surface area contributed by atoms with E-state index in [9.17, 15) is 10.2 Å². The summed E-state index contributed by atoms with van der Waals surface area (Å²) in [4.78, 5) is 12.1. The molecule has 0 bridgehead atoms. The van der Waals surface area contributed by atoms with Gasteiger partial charge in [-0.1, -0.05) is 0 Å². The van der Waals surface area contributed by atoms with E-state index in [1.165, 1.54) is 12.7 Å². The Balaban J connectivity index is 1.97. The molecule has 1 aliphatic rings.